The van der Waals surface area contributed by atoms with Gasteiger partial charge in [0, 0.05) is 12.6 Å². The van der Waals surface area contributed by atoms with Gasteiger partial charge in [-0.15, -0.1) is 0 Å². The topological polar surface area (TPSA) is 86.7 Å². The lowest BCUT2D eigenvalue weighted by Gasteiger charge is -2.32. The first-order valence-electron chi connectivity index (χ1n) is 10.4. The van der Waals surface area contributed by atoms with Crippen LogP contribution < -0.4 is 5.32 Å². The number of nitrogens with zero attached hydrogens (tertiary/aromatic N) is 1. The summed E-state index contributed by atoms with van der Waals surface area (Å²) in [4.78, 5) is 40.1. The van der Waals surface area contributed by atoms with Gasteiger partial charge in [0.2, 0.25) is 11.8 Å². The minimum absolute atomic E-state index is 0.0590. The third kappa shape index (κ3) is 3.86. The zero-order chi connectivity index (χ0) is 21.2. The quantitative estimate of drug-likeness (QED) is 0.658. The molecule has 3 rings (SSSR count). The Morgan fingerprint density at radius 3 is 2.52 bits per heavy atom. The molecule has 156 valence electrons. The molecule has 2 fully saturated rings. The maximum absolute atomic E-state index is 13.2. The highest BCUT2D eigenvalue weighted by Crippen LogP contribution is 2.46. The standard InChI is InChI=1S/C23H30N2O4/c1-4-5-13-25-20(26)18-17(12-11-16-9-7-6-8-10-16)24-23(22(28)29,14-15(2)3)19(18)21(25)27/h6-12,15,17-19,24H,4-5,13-14H2,1-3H3,(H,28,29). The molecule has 1 aromatic carbocycles. The van der Waals surface area contributed by atoms with Crippen LogP contribution in [0.1, 0.15) is 45.6 Å². The lowest BCUT2D eigenvalue weighted by molar-refractivity contribution is -0.152. The number of carbonyl (C=O) groups excluding carboxylic acids is 2. The van der Waals surface area contributed by atoms with Crippen molar-refractivity contribution in [3.8, 4) is 0 Å². The van der Waals surface area contributed by atoms with E-state index in [2.05, 4.69) is 5.32 Å². The van der Waals surface area contributed by atoms with Crippen molar-refractivity contribution in [1.29, 1.82) is 0 Å². The Kier molecular flexibility index (Phi) is 6.22. The molecule has 2 aliphatic heterocycles. The van der Waals surface area contributed by atoms with Crippen LogP contribution in [0.4, 0.5) is 0 Å². The number of rotatable bonds is 8. The number of nitrogens with one attached hydrogen (secondary N) is 1. The van der Waals surface area contributed by atoms with Crippen LogP contribution in [0.25, 0.3) is 6.08 Å². The van der Waals surface area contributed by atoms with E-state index < -0.39 is 29.4 Å². The SMILES string of the molecule is CCCCN1C(=O)C2C(C=Cc3ccccc3)NC(CC(C)C)(C(=O)O)C2C1=O. The fraction of sp³-hybridized carbons (Fsp3) is 0.522. The van der Waals surface area contributed by atoms with Crippen LogP contribution in [0.2, 0.25) is 0 Å². The monoisotopic (exact) mass is 398 g/mol. The Balaban J connectivity index is 2.00. The summed E-state index contributed by atoms with van der Waals surface area (Å²) in [5.41, 5.74) is -0.472. The van der Waals surface area contributed by atoms with Crippen molar-refractivity contribution in [1.82, 2.24) is 10.2 Å². The van der Waals surface area contributed by atoms with E-state index in [-0.39, 0.29) is 17.7 Å². The highest BCUT2D eigenvalue weighted by molar-refractivity contribution is 6.09. The largest absolute Gasteiger partial charge is 0.480 e. The Morgan fingerprint density at radius 1 is 1.24 bits per heavy atom. The smallest absolute Gasteiger partial charge is 0.324 e. The van der Waals surface area contributed by atoms with Crippen LogP contribution in [0, 0.1) is 17.8 Å². The number of fused-ring (bicyclic) bond motifs is 1. The van der Waals surface area contributed by atoms with Crippen LogP contribution in [0.3, 0.4) is 0 Å². The molecule has 0 bridgehead atoms. The number of carboxylic acids is 1. The fourth-order valence-electron chi connectivity index (χ4n) is 4.70. The molecule has 0 aliphatic carbocycles. The number of benzene rings is 1. The number of unbranched alkanes of at least 4 members (excludes halogenated alkanes) is 1. The van der Waals surface area contributed by atoms with Gasteiger partial charge in [0.25, 0.3) is 0 Å². The van der Waals surface area contributed by atoms with Gasteiger partial charge >= 0.3 is 5.97 Å². The van der Waals surface area contributed by atoms with E-state index in [4.69, 9.17) is 0 Å². The average molecular weight is 399 g/mol. The van der Waals surface area contributed by atoms with Gasteiger partial charge in [0.1, 0.15) is 5.54 Å². The molecular weight excluding hydrogens is 368 g/mol. The molecule has 1 aromatic rings. The van der Waals surface area contributed by atoms with E-state index in [1.54, 1.807) is 0 Å². The second-order valence-corrected chi connectivity index (χ2v) is 8.50. The summed E-state index contributed by atoms with van der Waals surface area (Å²) in [7, 11) is 0. The molecular formula is C23H30N2O4. The Bertz CT molecular complexity index is 804. The van der Waals surface area contributed by atoms with Crippen LogP contribution >= 0.6 is 0 Å². The van der Waals surface area contributed by atoms with Crippen molar-refractivity contribution in [2.45, 2.75) is 51.6 Å². The predicted molar refractivity (Wildman–Crippen MR) is 111 cm³/mol. The fourth-order valence-corrected chi connectivity index (χ4v) is 4.70. The lowest BCUT2D eigenvalue weighted by atomic mass is 9.75. The van der Waals surface area contributed by atoms with Gasteiger partial charge in [-0.2, -0.15) is 0 Å². The van der Waals surface area contributed by atoms with Crippen molar-refractivity contribution in [3.05, 3.63) is 42.0 Å². The Hall–Kier alpha value is -2.47. The van der Waals surface area contributed by atoms with Gasteiger partial charge in [-0.25, -0.2) is 0 Å². The molecule has 2 amide bonds. The number of carboxylic acid groups (broad SMARTS) is 1. The average Bonchev–Trinajstić information content (AvgIpc) is 3.14. The minimum Gasteiger partial charge on any atom is -0.480 e. The first-order chi connectivity index (χ1) is 13.8. The van der Waals surface area contributed by atoms with Gasteiger partial charge in [0.15, 0.2) is 0 Å². The van der Waals surface area contributed by atoms with E-state index in [0.29, 0.717) is 13.0 Å². The molecule has 2 N–H and O–H groups in total. The molecule has 6 heteroatoms. The minimum atomic E-state index is -1.43. The van der Waals surface area contributed by atoms with Crippen molar-refractivity contribution in [2.24, 2.45) is 17.8 Å². The third-order valence-corrected chi connectivity index (χ3v) is 5.93. The molecule has 2 heterocycles. The van der Waals surface area contributed by atoms with Gasteiger partial charge < -0.3 is 5.11 Å². The number of likely N-dealkylation sites (tertiary alicyclic amines) is 1. The second kappa shape index (κ2) is 8.49. The summed E-state index contributed by atoms with van der Waals surface area (Å²) >= 11 is 0. The maximum Gasteiger partial charge on any atom is 0.324 e. The first kappa shape index (κ1) is 21.2. The first-order valence-corrected chi connectivity index (χ1v) is 10.4. The Labute approximate surface area is 172 Å². The van der Waals surface area contributed by atoms with Crippen molar-refractivity contribution in [3.63, 3.8) is 0 Å². The van der Waals surface area contributed by atoms with E-state index >= 15 is 0 Å². The lowest BCUT2D eigenvalue weighted by Crippen LogP contribution is -2.57. The molecule has 0 radical (unpaired) electrons. The van der Waals surface area contributed by atoms with E-state index in [1.807, 2.05) is 63.3 Å². The number of hydrogen-bond acceptors (Lipinski definition) is 4. The normalized spacial score (nSPS) is 29.2. The number of amides is 2. The maximum atomic E-state index is 13.2. The third-order valence-electron chi connectivity index (χ3n) is 5.93. The van der Waals surface area contributed by atoms with Gasteiger partial charge in [-0.1, -0.05) is 69.7 Å². The zero-order valence-corrected chi connectivity index (χ0v) is 17.3. The molecule has 2 saturated heterocycles. The van der Waals surface area contributed by atoms with E-state index in [1.165, 1.54) is 4.90 Å². The van der Waals surface area contributed by atoms with Gasteiger partial charge in [-0.3, -0.25) is 24.6 Å². The van der Waals surface area contributed by atoms with Crippen LogP contribution in [0.15, 0.2) is 36.4 Å². The summed E-state index contributed by atoms with van der Waals surface area (Å²) in [6.07, 6.45) is 5.60. The summed E-state index contributed by atoms with van der Waals surface area (Å²) in [6.45, 7) is 6.22. The highest BCUT2D eigenvalue weighted by atomic mass is 16.4. The molecule has 29 heavy (non-hydrogen) atoms. The van der Waals surface area contributed by atoms with Crippen LogP contribution in [0.5, 0.6) is 0 Å². The number of aliphatic carboxylic acids is 1. The molecule has 4 atom stereocenters. The zero-order valence-electron chi connectivity index (χ0n) is 17.3. The van der Waals surface area contributed by atoms with Crippen molar-refractivity contribution in [2.75, 3.05) is 6.54 Å². The van der Waals surface area contributed by atoms with E-state index in [9.17, 15) is 19.5 Å². The predicted octanol–water partition coefficient (Wildman–Crippen LogP) is 2.94. The summed E-state index contributed by atoms with van der Waals surface area (Å²) in [5.74, 6) is -3.17. The van der Waals surface area contributed by atoms with Crippen LogP contribution in [-0.2, 0) is 14.4 Å². The number of hydrogen-bond donors (Lipinski definition) is 2. The molecule has 0 aromatic heterocycles. The second-order valence-electron chi connectivity index (χ2n) is 8.50. The van der Waals surface area contributed by atoms with Crippen LogP contribution in [-0.4, -0.2) is 45.9 Å². The molecule has 0 saturated carbocycles. The van der Waals surface area contributed by atoms with Gasteiger partial charge in [0.05, 0.1) is 11.8 Å². The molecule has 4 unspecified atom stereocenters. The van der Waals surface area contributed by atoms with Gasteiger partial charge in [-0.05, 0) is 24.3 Å². The summed E-state index contributed by atoms with van der Waals surface area (Å²) in [6, 6.07) is 9.14. The van der Waals surface area contributed by atoms with Crippen molar-refractivity contribution >= 4 is 23.9 Å². The van der Waals surface area contributed by atoms with Crippen molar-refractivity contribution < 1.29 is 19.5 Å². The summed E-state index contributed by atoms with van der Waals surface area (Å²) in [5, 5.41) is 13.4. The number of imide groups is 1. The molecule has 6 nitrogen and oxygen atoms in total. The Morgan fingerprint density at radius 2 is 1.93 bits per heavy atom. The summed E-state index contributed by atoms with van der Waals surface area (Å²) < 4.78 is 0. The molecule has 2 aliphatic rings. The van der Waals surface area contributed by atoms with E-state index in [0.717, 1.165) is 18.4 Å². The molecule has 0 spiro atoms. The number of carbonyl (C=O) groups is 3. The highest BCUT2D eigenvalue weighted by Gasteiger charge is 2.67.